The van der Waals surface area contributed by atoms with Crippen LogP contribution in [0.2, 0.25) is 0 Å². The lowest BCUT2D eigenvalue weighted by molar-refractivity contribution is -0.161. The number of likely N-dealkylation sites (N-methyl/N-ethyl adjacent to an activating group) is 1. The molecule has 10 atom stereocenters. The normalized spacial score (nSPS) is 32.5. The summed E-state index contributed by atoms with van der Waals surface area (Å²) >= 11 is 1.32. The van der Waals surface area contributed by atoms with E-state index in [4.69, 9.17) is 4.74 Å². The first-order chi connectivity index (χ1) is 28.2. The number of carbonyl (C=O) groups is 8. The van der Waals surface area contributed by atoms with Crippen LogP contribution in [-0.4, -0.2) is 164 Å². The van der Waals surface area contributed by atoms with Crippen LogP contribution in [-0.2, 0) is 43.1 Å². The number of esters is 1. The number of aliphatic imine (C=N–C) groups is 1. The maximum Gasteiger partial charge on any atom is 0.329 e. The number of amides is 7. The van der Waals surface area contributed by atoms with Crippen molar-refractivity contribution in [3.05, 3.63) is 11.8 Å². The molecule has 2 fully saturated rings. The third-order valence-electron chi connectivity index (χ3n) is 11.2. The Morgan fingerprint density at radius 2 is 1.58 bits per heavy atom. The van der Waals surface area contributed by atoms with Gasteiger partial charge in [-0.2, -0.15) is 0 Å². The molecule has 6 N–H and O–H groups in total. The molecule has 3 unspecified atom stereocenters. The number of nitrogens with one attached hydrogen (secondary N) is 4. The van der Waals surface area contributed by atoms with E-state index in [9.17, 15) is 48.6 Å². The lowest BCUT2D eigenvalue weighted by atomic mass is 9.91. The SMILES string of the molecule is C/C=C1/NC(=O)C2CSC(=N2)[C@@H]2C[C@@H](C)N2C(=O)[C@@H](CC(C)C)NC(=O)[C@H](C)NC(=O)[C@@H](O)COC(=O)[C@H](C(C)C)N(C)C(=O)[C@H](C(C)O)NC(=O)C2CCCCN2C1=O. The van der Waals surface area contributed by atoms with Crippen LogP contribution in [0.15, 0.2) is 16.8 Å². The monoisotopic (exact) mass is 862 g/mol. The molecule has 7 amide bonds. The van der Waals surface area contributed by atoms with E-state index in [1.165, 1.54) is 43.6 Å². The van der Waals surface area contributed by atoms with Crippen LogP contribution < -0.4 is 21.3 Å². The van der Waals surface area contributed by atoms with Crippen LogP contribution in [0.3, 0.4) is 0 Å². The minimum absolute atomic E-state index is 0.0176. The number of rotatable bonds is 4. The molecule has 2 saturated heterocycles. The quantitative estimate of drug-likeness (QED) is 0.150. The minimum Gasteiger partial charge on any atom is -0.461 e. The molecule has 0 spiro atoms. The Morgan fingerprint density at radius 1 is 0.900 bits per heavy atom. The lowest BCUT2D eigenvalue weighted by Crippen LogP contribution is -2.65. The highest BCUT2D eigenvalue weighted by Gasteiger charge is 2.47. The maximum absolute atomic E-state index is 14.1. The highest BCUT2D eigenvalue weighted by Crippen LogP contribution is 2.35. The number of piperidine rings is 1. The van der Waals surface area contributed by atoms with E-state index >= 15 is 0 Å². The predicted molar refractivity (Wildman–Crippen MR) is 221 cm³/mol. The first-order valence-electron chi connectivity index (χ1n) is 20.7. The summed E-state index contributed by atoms with van der Waals surface area (Å²) in [4.78, 5) is 118. The highest BCUT2D eigenvalue weighted by atomic mass is 32.2. The van der Waals surface area contributed by atoms with Crippen LogP contribution in [0.5, 0.6) is 0 Å². The number of hydrogen-bond donors (Lipinski definition) is 6. The van der Waals surface area contributed by atoms with Crippen molar-refractivity contribution < 1.29 is 53.3 Å². The molecule has 0 aliphatic carbocycles. The molecule has 4 heterocycles. The summed E-state index contributed by atoms with van der Waals surface area (Å²) in [5.41, 5.74) is -0.0699. The van der Waals surface area contributed by atoms with Crippen molar-refractivity contribution in [1.82, 2.24) is 36.0 Å². The van der Waals surface area contributed by atoms with Gasteiger partial charge < -0.3 is 50.9 Å². The zero-order valence-electron chi connectivity index (χ0n) is 35.9. The Bertz CT molecular complexity index is 1740. The Balaban J connectivity index is 1.68. The Morgan fingerprint density at radius 3 is 2.18 bits per heavy atom. The number of aliphatic hydroxyl groups is 2. The van der Waals surface area contributed by atoms with Crippen molar-refractivity contribution in [3.8, 4) is 0 Å². The third kappa shape index (κ3) is 11.2. The Kier molecular flexibility index (Phi) is 16.7. The zero-order valence-corrected chi connectivity index (χ0v) is 36.7. The van der Waals surface area contributed by atoms with Crippen molar-refractivity contribution in [2.24, 2.45) is 16.8 Å². The highest BCUT2D eigenvalue weighted by molar-refractivity contribution is 8.14. The van der Waals surface area contributed by atoms with E-state index in [1.807, 2.05) is 20.8 Å². The molecule has 4 aliphatic rings. The van der Waals surface area contributed by atoms with Gasteiger partial charge in [0.05, 0.1) is 17.2 Å². The molecule has 2 bridgehead atoms. The van der Waals surface area contributed by atoms with Gasteiger partial charge in [-0.3, -0.25) is 38.6 Å². The zero-order chi connectivity index (χ0) is 44.7. The number of fused-ring (bicyclic) bond motifs is 4. The first kappa shape index (κ1) is 48.1. The molecule has 4 rings (SSSR count). The Labute approximate surface area is 355 Å². The largest absolute Gasteiger partial charge is 0.461 e. The number of hydrogen-bond acceptors (Lipinski definition) is 13. The van der Waals surface area contributed by atoms with E-state index in [0.717, 1.165) is 4.90 Å². The second kappa shape index (κ2) is 20.8. The summed E-state index contributed by atoms with van der Waals surface area (Å²) in [7, 11) is 1.28. The van der Waals surface area contributed by atoms with Crippen LogP contribution in [0.1, 0.15) is 87.5 Å². The lowest BCUT2D eigenvalue weighted by Gasteiger charge is -2.48. The van der Waals surface area contributed by atoms with Gasteiger partial charge in [0.25, 0.3) is 11.8 Å². The van der Waals surface area contributed by atoms with Crippen molar-refractivity contribution in [2.45, 2.75) is 148 Å². The van der Waals surface area contributed by atoms with Crippen molar-refractivity contribution in [3.63, 3.8) is 0 Å². The summed E-state index contributed by atoms with van der Waals surface area (Å²) in [6, 6.07) is -7.64. The molecule has 334 valence electrons. The summed E-state index contributed by atoms with van der Waals surface area (Å²) in [5, 5.41) is 32.3. The topological polar surface area (TPSA) is 256 Å². The molecule has 0 aromatic carbocycles. The molecular weight excluding hydrogens is 801 g/mol. The number of allylic oxidation sites excluding steroid dienone is 1. The van der Waals surface area contributed by atoms with Crippen molar-refractivity contribution in [1.29, 1.82) is 0 Å². The van der Waals surface area contributed by atoms with Crippen molar-refractivity contribution in [2.75, 3.05) is 26.0 Å². The Hall–Kier alpha value is -4.56. The van der Waals surface area contributed by atoms with E-state index in [-0.39, 0.29) is 48.7 Å². The predicted octanol–water partition coefficient (Wildman–Crippen LogP) is -0.807. The third-order valence-corrected chi connectivity index (χ3v) is 12.3. The van der Waals surface area contributed by atoms with Crippen LogP contribution >= 0.6 is 11.8 Å². The second-order valence-corrected chi connectivity index (χ2v) is 17.8. The van der Waals surface area contributed by atoms with Gasteiger partial charge in [0.2, 0.25) is 29.5 Å². The van der Waals surface area contributed by atoms with Gasteiger partial charge in [0.15, 0.2) is 6.10 Å². The first-order valence-corrected chi connectivity index (χ1v) is 21.7. The fourth-order valence-corrected chi connectivity index (χ4v) is 8.98. The number of aliphatic hydroxyl groups excluding tert-OH is 2. The molecule has 60 heavy (non-hydrogen) atoms. The summed E-state index contributed by atoms with van der Waals surface area (Å²) in [5.74, 6) is -6.17. The van der Waals surface area contributed by atoms with Crippen molar-refractivity contribution >= 4 is 64.1 Å². The molecular formula is C40H62N8O11S. The summed E-state index contributed by atoms with van der Waals surface area (Å²) < 4.78 is 5.29. The van der Waals surface area contributed by atoms with Gasteiger partial charge in [-0.15, -0.1) is 11.8 Å². The van der Waals surface area contributed by atoms with Gasteiger partial charge in [-0.1, -0.05) is 33.8 Å². The smallest absolute Gasteiger partial charge is 0.329 e. The van der Waals surface area contributed by atoms with Crippen LogP contribution in [0.4, 0.5) is 0 Å². The number of cyclic esters (lactones) is 1. The number of carbonyl (C=O) groups excluding carboxylic acids is 8. The fourth-order valence-electron chi connectivity index (χ4n) is 7.83. The molecule has 0 saturated carbocycles. The standard InChI is InChI=1S/C40H62N8O11S/c1-10-24-37(55)47-14-12-11-13-27(47)34(53)45-30(23(8)49)39(57)46(9)31(20(4)5)40(58)59-17-29(50)35(54)41-22(7)32(51)43-25(15-19(2)3)38(56)48-21(6)16-28(48)36-44-26(18-60-36)33(52)42-24/h10,19-23,25-31,49-50H,11-18H2,1-9H3,(H,41,54)(H,42,52)(H,43,51)(H,45,53)/b24-10+/t21-,22+,23?,25-,26?,27?,28+,29+,30+,31+/m1/s1. The number of nitrogens with zero attached hydrogens (tertiary/aromatic N) is 4. The maximum atomic E-state index is 14.1. The van der Waals surface area contributed by atoms with E-state index in [2.05, 4.69) is 26.3 Å². The second-order valence-electron chi connectivity index (χ2n) is 16.8. The van der Waals surface area contributed by atoms with E-state index in [0.29, 0.717) is 24.3 Å². The van der Waals surface area contributed by atoms with Crippen LogP contribution in [0.25, 0.3) is 0 Å². The van der Waals surface area contributed by atoms with Crippen LogP contribution in [0, 0.1) is 11.8 Å². The van der Waals surface area contributed by atoms with E-state index < -0.39 is 108 Å². The van der Waals surface area contributed by atoms with E-state index in [1.54, 1.807) is 25.7 Å². The minimum atomic E-state index is -1.91. The number of ether oxygens (including phenoxy) is 1. The summed E-state index contributed by atoms with van der Waals surface area (Å²) in [6.07, 6.45) is 0.297. The molecule has 4 aliphatic heterocycles. The number of thioether (sulfide) groups is 1. The molecule has 19 nitrogen and oxygen atoms in total. The fraction of sp³-hybridized carbons (Fsp3) is 0.725. The molecule has 0 radical (unpaired) electrons. The van der Waals surface area contributed by atoms with Gasteiger partial charge in [0.1, 0.15) is 48.6 Å². The van der Waals surface area contributed by atoms with Gasteiger partial charge in [-0.05, 0) is 71.6 Å². The molecule has 20 heteroatoms. The van der Waals surface area contributed by atoms with Gasteiger partial charge >= 0.3 is 5.97 Å². The molecule has 0 aromatic heterocycles. The molecule has 0 aromatic rings. The van der Waals surface area contributed by atoms with Gasteiger partial charge in [0, 0.05) is 25.4 Å². The van der Waals surface area contributed by atoms with Gasteiger partial charge in [-0.25, -0.2) is 4.79 Å². The average Bonchev–Trinajstić information content (AvgIpc) is 3.68. The summed E-state index contributed by atoms with van der Waals surface area (Å²) in [6.45, 7) is 12.5. The average molecular weight is 863 g/mol.